The molecule has 0 spiro atoms. The van der Waals surface area contributed by atoms with Crippen molar-refractivity contribution in [2.45, 2.75) is 40.3 Å². The third kappa shape index (κ3) is 5.64. The van der Waals surface area contributed by atoms with Crippen LogP contribution >= 0.6 is 11.3 Å². The lowest BCUT2D eigenvalue weighted by molar-refractivity contribution is 0.0980. The summed E-state index contributed by atoms with van der Waals surface area (Å²) >= 11 is 1.83. The normalized spacial score (nSPS) is 12.0. The van der Waals surface area contributed by atoms with E-state index in [1.165, 1.54) is 9.75 Å². The molecule has 1 heterocycles. The van der Waals surface area contributed by atoms with Crippen LogP contribution in [0.4, 0.5) is 0 Å². The van der Waals surface area contributed by atoms with E-state index in [0.717, 1.165) is 26.2 Å². The molecule has 0 radical (unpaired) electrons. The SMILES string of the molecule is CNCc1ccc(COCCC(C)(C)C)s1. The second-order valence-electron chi connectivity index (χ2n) is 5.26. The minimum absolute atomic E-state index is 0.368. The second-order valence-corrected chi connectivity index (χ2v) is 6.51. The molecule has 0 aromatic carbocycles. The maximum absolute atomic E-state index is 5.68. The number of hydrogen-bond donors (Lipinski definition) is 1. The fourth-order valence-electron chi connectivity index (χ4n) is 1.32. The Morgan fingerprint density at radius 3 is 2.56 bits per heavy atom. The lowest BCUT2D eigenvalue weighted by atomic mass is 9.93. The molecule has 0 saturated heterocycles. The highest BCUT2D eigenvalue weighted by Crippen LogP contribution is 2.20. The van der Waals surface area contributed by atoms with Crippen molar-refractivity contribution in [2.75, 3.05) is 13.7 Å². The van der Waals surface area contributed by atoms with Crippen molar-refractivity contribution in [3.8, 4) is 0 Å². The smallest absolute Gasteiger partial charge is 0.0809 e. The second kappa shape index (κ2) is 6.38. The van der Waals surface area contributed by atoms with Crippen LogP contribution in [0.5, 0.6) is 0 Å². The molecule has 1 N–H and O–H groups in total. The number of ether oxygens (including phenoxy) is 1. The fraction of sp³-hybridized carbons (Fsp3) is 0.692. The quantitative estimate of drug-likeness (QED) is 0.771. The largest absolute Gasteiger partial charge is 0.376 e. The summed E-state index contributed by atoms with van der Waals surface area (Å²) in [7, 11) is 1.97. The number of thiophene rings is 1. The molecule has 1 aromatic rings. The van der Waals surface area contributed by atoms with Crippen molar-refractivity contribution in [3.05, 3.63) is 21.9 Å². The van der Waals surface area contributed by atoms with E-state index in [9.17, 15) is 0 Å². The first-order valence-electron chi connectivity index (χ1n) is 5.81. The molecular weight excluding hydrogens is 218 g/mol. The van der Waals surface area contributed by atoms with Gasteiger partial charge in [0, 0.05) is 22.9 Å². The van der Waals surface area contributed by atoms with Crippen LogP contribution in [0.25, 0.3) is 0 Å². The Labute approximate surface area is 103 Å². The average molecular weight is 241 g/mol. The van der Waals surface area contributed by atoms with Gasteiger partial charge in [-0.1, -0.05) is 20.8 Å². The predicted octanol–water partition coefficient (Wildman–Crippen LogP) is 3.42. The van der Waals surface area contributed by atoms with Gasteiger partial charge in [0.1, 0.15) is 0 Å². The fourth-order valence-corrected chi connectivity index (χ4v) is 2.29. The molecule has 0 amide bonds. The van der Waals surface area contributed by atoms with Gasteiger partial charge in [0.15, 0.2) is 0 Å². The molecule has 0 unspecified atom stereocenters. The maximum Gasteiger partial charge on any atom is 0.0809 e. The standard InChI is InChI=1S/C13H23NOS/c1-13(2,3)7-8-15-10-12-6-5-11(16-12)9-14-4/h5-6,14H,7-10H2,1-4H3. The molecule has 92 valence electrons. The molecule has 0 saturated carbocycles. The zero-order chi connectivity index (χ0) is 12.0. The van der Waals surface area contributed by atoms with Crippen LogP contribution in [0, 0.1) is 5.41 Å². The van der Waals surface area contributed by atoms with Gasteiger partial charge in [-0.05, 0) is 31.0 Å². The van der Waals surface area contributed by atoms with Gasteiger partial charge in [-0.25, -0.2) is 0 Å². The van der Waals surface area contributed by atoms with Crippen molar-refractivity contribution in [3.63, 3.8) is 0 Å². The first kappa shape index (κ1) is 13.7. The van der Waals surface area contributed by atoms with Crippen LogP contribution in [0.15, 0.2) is 12.1 Å². The molecule has 3 heteroatoms. The van der Waals surface area contributed by atoms with E-state index in [1.807, 2.05) is 18.4 Å². The van der Waals surface area contributed by atoms with Crippen LogP contribution in [0.2, 0.25) is 0 Å². The van der Waals surface area contributed by atoms with Crippen molar-refractivity contribution in [1.82, 2.24) is 5.32 Å². The Morgan fingerprint density at radius 1 is 1.25 bits per heavy atom. The molecule has 0 atom stereocenters. The van der Waals surface area contributed by atoms with Crippen molar-refractivity contribution < 1.29 is 4.74 Å². The van der Waals surface area contributed by atoms with E-state index < -0.39 is 0 Å². The summed E-state index contributed by atoms with van der Waals surface area (Å²) in [6.07, 6.45) is 1.11. The molecule has 0 aliphatic carbocycles. The molecule has 1 rings (SSSR count). The van der Waals surface area contributed by atoms with Gasteiger partial charge < -0.3 is 10.1 Å². The number of rotatable bonds is 6. The minimum atomic E-state index is 0.368. The van der Waals surface area contributed by atoms with E-state index in [2.05, 4.69) is 38.2 Å². The maximum atomic E-state index is 5.68. The summed E-state index contributed by atoms with van der Waals surface area (Å²) in [5.74, 6) is 0. The molecule has 16 heavy (non-hydrogen) atoms. The summed E-state index contributed by atoms with van der Waals surface area (Å²) in [5.41, 5.74) is 0.368. The first-order chi connectivity index (χ1) is 7.51. The van der Waals surface area contributed by atoms with Gasteiger partial charge >= 0.3 is 0 Å². The van der Waals surface area contributed by atoms with Crippen LogP contribution in [-0.2, 0) is 17.9 Å². The molecular formula is C13H23NOS. The molecule has 0 fully saturated rings. The van der Waals surface area contributed by atoms with Gasteiger partial charge in [0.2, 0.25) is 0 Å². The Hall–Kier alpha value is -0.380. The number of nitrogens with one attached hydrogen (secondary N) is 1. The lowest BCUT2D eigenvalue weighted by Gasteiger charge is -2.17. The lowest BCUT2D eigenvalue weighted by Crippen LogP contribution is -2.09. The number of hydrogen-bond acceptors (Lipinski definition) is 3. The highest BCUT2D eigenvalue weighted by Gasteiger charge is 2.09. The highest BCUT2D eigenvalue weighted by molar-refractivity contribution is 7.11. The monoisotopic (exact) mass is 241 g/mol. The van der Waals surface area contributed by atoms with Gasteiger partial charge in [-0.3, -0.25) is 0 Å². The Kier molecular flexibility index (Phi) is 5.46. The summed E-state index contributed by atoms with van der Waals surface area (Å²) in [4.78, 5) is 2.69. The van der Waals surface area contributed by atoms with Gasteiger partial charge in [-0.15, -0.1) is 11.3 Å². The van der Waals surface area contributed by atoms with Crippen LogP contribution < -0.4 is 5.32 Å². The van der Waals surface area contributed by atoms with Crippen molar-refractivity contribution in [2.24, 2.45) is 5.41 Å². The highest BCUT2D eigenvalue weighted by atomic mass is 32.1. The third-order valence-electron chi connectivity index (χ3n) is 2.31. The topological polar surface area (TPSA) is 21.3 Å². The molecule has 0 aliphatic rings. The van der Waals surface area contributed by atoms with Crippen molar-refractivity contribution in [1.29, 1.82) is 0 Å². The minimum Gasteiger partial charge on any atom is -0.376 e. The summed E-state index contributed by atoms with van der Waals surface area (Å²) in [6, 6.07) is 4.33. The first-order valence-corrected chi connectivity index (χ1v) is 6.63. The van der Waals surface area contributed by atoms with Gasteiger partial charge in [0.05, 0.1) is 6.61 Å². The molecule has 0 bridgehead atoms. The van der Waals surface area contributed by atoms with Gasteiger partial charge in [0.25, 0.3) is 0 Å². The predicted molar refractivity (Wildman–Crippen MR) is 70.8 cm³/mol. The van der Waals surface area contributed by atoms with Crippen molar-refractivity contribution >= 4 is 11.3 Å². The van der Waals surface area contributed by atoms with E-state index >= 15 is 0 Å². The van der Waals surface area contributed by atoms with E-state index in [4.69, 9.17) is 4.74 Å². The average Bonchev–Trinajstić information content (AvgIpc) is 2.60. The van der Waals surface area contributed by atoms with Crippen LogP contribution in [0.1, 0.15) is 36.9 Å². The van der Waals surface area contributed by atoms with E-state index in [1.54, 1.807) is 0 Å². The zero-order valence-electron chi connectivity index (χ0n) is 10.8. The zero-order valence-corrected chi connectivity index (χ0v) is 11.6. The molecule has 2 nitrogen and oxygen atoms in total. The van der Waals surface area contributed by atoms with Gasteiger partial charge in [-0.2, -0.15) is 0 Å². The molecule has 1 aromatic heterocycles. The van der Waals surface area contributed by atoms with Crippen LogP contribution in [-0.4, -0.2) is 13.7 Å². The third-order valence-corrected chi connectivity index (χ3v) is 3.37. The Bertz CT molecular complexity index is 301. The Morgan fingerprint density at radius 2 is 1.94 bits per heavy atom. The molecule has 0 aliphatic heterocycles. The van der Waals surface area contributed by atoms with E-state index in [-0.39, 0.29) is 0 Å². The summed E-state index contributed by atoms with van der Waals surface area (Å²) in [5, 5.41) is 3.15. The van der Waals surface area contributed by atoms with Crippen LogP contribution in [0.3, 0.4) is 0 Å². The van der Waals surface area contributed by atoms with E-state index in [0.29, 0.717) is 5.41 Å². The summed E-state index contributed by atoms with van der Waals surface area (Å²) < 4.78 is 5.68. The summed E-state index contributed by atoms with van der Waals surface area (Å²) in [6.45, 7) is 9.28. The Balaban J connectivity index is 2.21.